The Morgan fingerprint density at radius 2 is 1.91 bits per heavy atom. The first-order valence-electron chi connectivity index (χ1n) is 7.05. The summed E-state index contributed by atoms with van der Waals surface area (Å²) in [7, 11) is 0. The number of carbonyl (C=O) groups is 4. The van der Waals surface area contributed by atoms with Gasteiger partial charge in [0.2, 0.25) is 0 Å². The molecule has 132 valence electrons. The van der Waals surface area contributed by atoms with Gasteiger partial charge in [-0.15, -0.1) is 0 Å². The number of aliphatic carboxylic acids is 2. The molecule has 0 radical (unpaired) electrons. The Hall–Kier alpha value is -2.16. The predicted molar refractivity (Wildman–Crippen MR) is 77.4 cm³/mol. The van der Waals surface area contributed by atoms with Gasteiger partial charge in [0.1, 0.15) is 11.6 Å². The Balaban J connectivity index is 0.000000438. The number of carbonyl (C=O) groups excluding carboxylic acids is 2. The topological polar surface area (TPSA) is 153 Å². The van der Waals surface area contributed by atoms with Crippen molar-refractivity contribution in [3.8, 4) is 0 Å². The predicted octanol–water partition coefficient (Wildman–Crippen LogP) is 0.297. The molecule has 2 atom stereocenters. The second-order valence-electron chi connectivity index (χ2n) is 5.93. The Morgan fingerprint density at radius 1 is 1.35 bits per heavy atom. The number of hydrogen-bond acceptors (Lipinski definition) is 7. The van der Waals surface area contributed by atoms with Crippen molar-refractivity contribution in [3.05, 3.63) is 0 Å². The van der Waals surface area contributed by atoms with Gasteiger partial charge in [0, 0.05) is 19.3 Å². The zero-order valence-corrected chi connectivity index (χ0v) is 13.4. The molecule has 1 rings (SSSR count). The molecular weight excluding hydrogens is 310 g/mol. The molecule has 0 spiro atoms. The summed E-state index contributed by atoms with van der Waals surface area (Å²) in [5.74, 6) is -2.97. The zero-order valence-electron chi connectivity index (χ0n) is 13.4. The van der Waals surface area contributed by atoms with Gasteiger partial charge in [-0.05, 0) is 27.2 Å². The van der Waals surface area contributed by atoms with E-state index in [0.29, 0.717) is 12.8 Å². The molecule has 1 fully saturated rings. The summed E-state index contributed by atoms with van der Waals surface area (Å²) in [6.45, 7) is 5.34. The van der Waals surface area contributed by atoms with Crippen LogP contribution in [0.5, 0.6) is 0 Å². The van der Waals surface area contributed by atoms with E-state index in [9.17, 15) is 19.2 Å². The summed E-state index contributed by atoms with van der Waals surface area (Å²) in [6.07, 6.45) is -0.165. The van der Waals surface area contributed by atoms with Gasteiger partial charge >= 0.3 is 23.9 Å². The van der Waals surface area contributed by atoms with E-state index in [1.807, 2.05) is 0 Å². The number of ether oxygens (including phenoxy) is 2. The summed E-state index contributed by atoms with van der Waals surface area (Å²) in [5, 5.41) is 16.3. The first kappa shape index (κ1) is 20.8. The Morgan fingerprint density at radius 3 is 2.26 bits per heavy atom. The molecule has 1 saturated heterocycles. The normalized spacial score (nSPS) is 18.3. The molecule has 0 amide bonds. The molecule has 1 aliphatic rings. The van der Waals surface area contributed by atoms with Gasteiger partial charge in [-0.2, -0.15) is 0 Å². The molecule has 0 saturated carbocycles. The molecule has 0 unspecified atom stereocenters. The average Bonchev–Trinajstić information content (AvgIpc) is 2.81. The number of hydrogen-bond donors (Lipinski definition) is 3. The lowest BCUT2D eigenvalue weighted by atomic mass is 10.2. The summed E-state index contributed by atoms with van der Waals surface area (Å²) >= 11 is 0. The van der Waals surface area contributed by atoms with Crippen LogP contribution >= 0.6 is 0 Å². The molecule has 0 aliphatic carbocycles. The van der Waals surface area contributed by atoms with E-state index in [4.69, 9.17) is 25.4 Å². The minimum atomic E-state index is -1.17. The van der Waals surface area contributed by atoms with Crippen LogP contribution in [0, 0.1) is 0 Å². The third-order valence-corrected chi connectivity index (χ3v) is 2.54. The van der Waals surface area contributed by atoms with Crippen LogP contribution in [0.3, 0.4) is 0 Å². The SMILES string of the molecule is CC(C)(C)OC(=O)[C@@H]1CCC(=O)O1.N[C@@H](CCC(=O)O)C(=O)O. The highest BCUT2D eigenvalue weighted by atomic mass is 16.6. The number of esters is 2. The van der Waals surface area contributed by atoms with Crippen molar-refractivity contribution in [2.24, 2.45) is 5.73 Å². The lowest BCUT2D eigenvalue weighted by Crippen LogP contribution is -2.31. The lowest BCUT2D eigenvalue weighted by Gasteiger charge is -2.21. The highest BCUT2D eigenvalue weighted by Crippen LogP contribution is 2.18. The van der Waals surface area contributed by atoms with Gasteiger partial charge < -0.3 is 25.4 Å². The first-order chi connectivity index (χ1) is 10.4. The van der Waals surface area contributed by atoms with E-state index in [1.165, 1.54) is 0 Å². The number of cyclic esters (lactones) is 1. The van der Waals surface area contributed by atoms with E-state index in [-0.39, 0.29) is 18.8 Å². The van der Waals surface area contributed by atoms with E-state index in [1.54, 1.807) is 20.8 Å². The maximum atomic E-state index is 11.3. The van der Waals surface area contributed by atoms with E-state index in [0.717, 1.165) is 0 Å². The molecule has 0 aromatic carbocycles. The number of nitrogens with two attached hydrogens (primary N) is 1. The molecule has 1 heterocycles. The minimum absolute atomic E-state index is 0.0231. The molecule has 0 aromatic heterocycles. The third kappa shape index (κ3) is 10.2. The smallest absolute Gasteiger partial charge is 0.347 e. The van der Waals surface area contributed by atoms with Crippen molar-refractivity contribution in [2.75, 3.05) is 0 Å². The number of carboxylic acid groups (broad SMARTS) is 2. The van der Waals surface area contributed by atoms with Crippen LogP contribution in [0.15, 0.2) is 0 Å². The van der Waals surface area contributed by atoms with Crippen LogP contribution in [-0.2, 0) is 28.7 Å². The molecule has 1 aliphatic heterocycles. The van der Waals surface area contributed by atoms with Gasteiger partial charge in [-0.25, -0.2) is 4.79 Å². The monoisotopic (exact) mass is 333 g/mol. The van der Waals surface area contributed by atoms with Crippen molar-refractivity contribution >= 4 is 23.9 Å². The Kier molecular flexibility index (Phi) is 8.23. The number of rotatable bonds is 5. The van der Waals surface area contributed by atoms with Crippen LogP contribution in [0.1, 0.15) is 46.5 Å². The van der Waals surface area contributed by atoms with Crippen molar-refractivity contribution < 1.29 is 38.9 Å². The molecule has 9 heteroatoms. The molecule has 9 nitrogen and oxygen atoms in total. The van der Waals surface area contributed by atoms with Gasteiger partial charge in [0.15, 0.2) is 6.10 Å². The van der Waals surface area contributed by atoms with Gasteiger partial charge in [0.05, 0.1) is 0 Å². The maximum absolute atomic E-state index is 11.3. The molecule has 4 N–H and O–H groups in total. The fourth-order valence-corrected chi connectivity index (χ4v) is 1.46. The summed E-state index contributed by atoms with van der Waals surface area (Å²) in [6, 6.07) is -1.06. The Bertz CT molecular complexity index is 454. The van der Waals surface area contributed by atoms with Crippen molar-refractivity contribution in [3.63, 3.8) is 0 Å². The largest absolute Gasteiger partial charge is 0.481 e. The van der Waals surface area contributed by atoms with Crippen LogP contribution in [0.25, 0.3) is 0 Å². The third-order valence-electron chi connectivity index (χ3n) is 2.54. The molecular formula is C14H23NO8. The second kappa shape index (κ2) is 9.09. The van der Waals surface area contributed by atoms with Gasteiger partial charge in [-0.3, -0.25) is 14.4 Å². The first-order valence-corrected chi connectivity index (χ1v) is 7.05. The minimum Gasteiger partial charge on any atom is -0.481 e. The molecule has 0 bridgehead atoms. The molecule has 0 aromatic rings. The zero-order chi connectivity index (χ0) is 18.2. The van der Waals surface area contributed by atoms with Crippen molar-refractivity contribution in [1.82, 2.24) is 0 Å². The summed E-state index contributed by atoms with van der Waals surface area (Å²) in [4.78, 5) is 41.9. The van der Waals surface area contributed by atoms with E-state index < -0.39 is 35.7 Å². The van der Waals surface area contributed by atoms with Crippen LogP contribution in [-0.4, -0.2) is 51.8 Å². The lowest BCUT2D eigenvalue weighted by molar-refractivity contribution is -0.170. The summed E-state index contributed by atoms with van der Waals surface area (Å²) in [5.41, 5.74) is 4.48. The van der Waals surface area contributed by atoms with Crippen LogP contribution in [0.4, 0.5) is 0 Å². The second-order valence-corrected chi connectivity index (χ2v) is 5.93. The van der Waals surface area contributed by atoms with E-state index in [2.05, 4.69) is 0 Å². The van der Waals surface area contributed by atoms with Crippen LogP contribution in [0.2, 0.25) is 0 Å². The maximum Gasteiger partial charge on any atom is 0.347 e. The van der Waals surface area contributed by atoms with E-state index >= 15 is 0 Å². The van der Waals surface area contributed by atoms with Crippen LogP contribution < -0.4 is 5.73 Å². The van der Waals surface area contributed by atoms with Crippen molar-refractivity contribution in [1.29, 1.82) is 0 Å². The van der Waals surface area contributed by atoms with Gasteiger partial charge in [0.25, 0.3) is 0 Å². The fourth-order valence-electron chi connectivity index (χ4n) is 1.46. The Labute approximate surface area is 133 Å². The highest BCUT2D eigenvalue weighted by Gasteiger charge is 2.33. The number of carboxylic acids is 2. The van der Waals surface area contributed by atoms with Crippen molar-refractivity contribution in [2.45, 2.75) is 64.2 Å². The highest BCUT2D eigenvalue weighted by molar-refractivity contribution is 5.83. The quantitative estimate of drug-likeness (QED) is 0.602. The molecule has 23 heavy (non-hydrogen) atoms. The van der Waals surface area contributed by atoms with Gasteiger partial charge in [-0.1, -0.05) is 0 Å². The summed E-state index contributed by atoms with van der Waals surface area (Å²) < 4.78 is 9.81. The average molecular weight is 333 g/mol. The fraction of sp³-hybridized carbons (Fsp3) is 0.714. The standard InChI is InChI=1S/C9H14O4.C5H9NO4/c1-9(2,3)13-8(11)6-4-5-7(10)12-6;6-3(5(9)10)1-2-4(7)8/h6H,4-5H2,1-3H3;3H,1-2,6H2,(H,7,8)(H,9,10)/t6-;3-/m00/s1.